The number of nitro benzene ring substituents is 1. The van der Waals surface area contributed by atoms with E-state index in [0.29, 0.717) is 16.4 Å². The third kappa shape index (κ3) is 5.79. The summed E-state index contributed by atoms with van der Waals surface area (Å²) in [5.74, 6) is -1.05. The zero-order chi connectivity index (χ0) is 20.0. The van der Waals surface area contributed by atoms with Crippen molar-refractivity contribution in [3.8, 4) is 0 Å². The predicted octanol–water partition coefficient (Wildman–Crippen LogP) is 2.96. The van der Waals surface area contributed by atoms with Crippen LogP contribution in [-0.4, -0.2) is 22.4 Å². The Morgan fingerprint density at radius 2 is 1.96 bits per heavy atom. The first-order valence-electron chi connectivity index (χ1n) is 7.69. The molecule has 0 aliphatic heterocycles. The molecular formula is C17H16ClN5O4. The molecule has 10 heteroatoms. The van der Waals surface area contributed by atoms with Crippen molar-refractivity contribution in [1.82, 2.24) is 5.43 Å². The fraction of sp³-hybridized carbons (Fsp3) is 0.118. The number of nitrogen functional groups attached to an aromatic ring is 1. The number of rotatable bonds is 6. The molecule has 0 saturated carbocycles. The summed E-state index contributed by atoms with van der Waals surface area (Å²) in [6.45, 7) is 1.55. The van der Waals surface area contributed by atoms with E-state index in [4.69, 9.17) is 17.3 Å². The van der Waals surface area contributed by atoms with E-state index in [1.165, 1.54) is 6.07 Å². The molecule has 0 atom stereocenters. The summed E-state index contributed by atoms with van der Waals surface area (Å²) in [6, 6.07) is 10.3. The second-order valence-corrected chi connectivity index (χ2v) is 5.97. The highest BCUT2D eigenvalue weighted by atomic mass is 35.5. The Morgan fingerprint density at radius 3 is 2.63 bits per heavy atom. The molecule has 0 bridgehead atoms. The fourth-order valence-corrected chi connectivity index (χ4v) is 2.29. The van der Waals surface area contributed by atoms with Gasteiger partial charge in [0.05, 0.1) is 27.6 Å². The van der Waals surface area contributed by atoms with Crippen molar-refractivity contribution in [2.24, 2.45) is 5.10 Å². The molecule has 0 fully saturated rings. The molecular weight excluding hydrogens is 374 g/mol. The summed E-state index contributed by atoms with van der Waals surface area (Å²) in [5.41, 5.74) is 8.34. The number of carbonyl (C=O) groups is 2. The van der Waals surface area contributed by atoms with Crippen molar-refractivity contribution in [3.63, 3.8) is 0 Å². The fourth-order valence-electron chi connectivity index (χ4n) is 2.11. The van der Waals surface area contributed by atoms with Crippen LogP contribution in [0, 0.1) is 10.1 Å². The standard InChI is InChI=1S/C17H16ClN5O4/c1-10(6-16(24)20-15-5-3-2-4-14(15)18)21-22-17(25)11-7-12(19)9-13(8-11)23(26)27/h2-5,7-9H,6,19H2,1H3,(H,20,24)(H,22,25)/b21-10+. The molecule has 2 amide bonds. The van der Waals surface area contributed by atoms with Crippen molar-refractivity contribution < 1.29 is 14.5 Å². The predicted molar refractivity (Wildman–Crippen MR) is 103 cm³/mol. The lowest BCUT2D eigenvalue weighted by atomic mass is 10.1. The SMILES string of the molecule is C/C(CC(=O)Nc1ccccc1Cl)=N\NC(=O)c1cc(N)cc([N+](=O)[O-])c1. The van der Waals surface area contributed by atoms with Crippen molar-refractivity contribution >= 4 is 46.2 Å². The number of amides is 2. The number of hydrogen-bond donors (Lipinski definition) is 3. The number of para-hydroxylation sites is 1. The van der Waals surface area contributed by atoms with Crippen LogP contribution in [0.15, 0.2) is 47.6 Å². The summed E-state index contributed by atoms with van der Waals surface area (Å²) in [6.07, 6.45) is -0.0808. The van der Waals surface area contributed by atoms with Crippen LogP contribution in [0.4, 0.5) is 17.1 Å². The Labute approximate surface area is 159 Å². The molecule has 9 nitrogen and oxygen atoms in total. The van der Waals surface area contributed by atoms with Crippen LogP contribution in [0.3, 0.4) is 0 Å². The molecule has 0 heterocycles. The lowest BCUT2D eigenvalue weighted by Crippen LogP contribution is -2.21. The van der Waals surface area contributed by atoms with E-state index in [2.05, 4.69) is 15.8 Å². The highest BCUT2D eigenvalue weighted by Crippen LogP contribution is 2.20. The van der Waals surface area contributed by atoms with E-state index < -0.39 is 10.8 Å². The number of halogens is 1. The van der Waals surface area contributed by atoms with E-state index in [1.54, 1.807) is 31.2 Å². The molecule has 0 spiro atoms. The van der Waals surface area contributed by atoms with Crippen molar-refractivity contribution in [3.05, 3.63) is 63.2 Å². The molecule has 4 N–H and O–H groups in total. The second-order valence-electron chi connectivity index (χ2n) is 5.56. The van der Waals surface area contributed by atoms with E-state index >= 15 is 0 Å². The normalized spacial score (nSPS) is 11.0. The minimum absolute atomic E-state index is 0.0150. The minimum Gasteiger partial charge on any atom is -0.399 e. The molecule has 0 aliphatic carbocycles. The summed E-state index contributed by atoms with van der Waals surface area (Å²) in [5, 5.41) is 17.7. The van der Waals surface area contributed by atoms with Gasteiger partial charge < -0.3 is 11.1 Å². The quantitative estimate of drug-likeness (QED) is 0.301. The largest absolute Gasteiger partial charge is 0.399 e. The molecule has 0 aliphatic rings. The lowest BCUT2D eigenvalue weighted by molar-refractivity contribution is -0.384. The molecule has 0 unspecified atom stereocenters. The Kier molecular flexibility index (Phi) is 6.45. The maximum absolute atomic E-state index is 12.1. The molecule has 140 valence electrons. The van der Waals surface area contributed by atoms with Gasteiger partial charge in [0.2, 0.25) is 5.91 Å². The van der Waals surface area contributed by atoms with Crippen molar-refractivity contribution in [2.75, 3.05) is 11.1 Å². The van der Waals surface area contributed by atoms with Gasteiger partial charge in [-0.05, 0) is 25.1 Å². The van der Waals surface area contributed by atoms with Gasteiger partial charge in [-0.2, -0.15) is 5.10 Å². The smallest absolute Gasteiger partial charge is 0.272 e. The summed E-state index contributed by atoms with van der Waals surface area (Å²) in [4.78, 5) is 34.3. The number of non-ortho nitro benzene ring substituents is 1. The first-order chi connectivity index (χ1) is 12.8. The first-order valence-corrected chi connectivity index (χ1v) is 8.07. The van der Waals surface area contributed by atoms with E-state index in [1.807, 2.05) is 0 Å². The minimum atomic E-state index is -0.684. The van der Waals surface area contributed by atoms with E-state index in [0.717, 1.165) is 12.1 Å². The molecule has 0 aromatic heterocycles. The number of benzene rings is 2. The highest BCUT2D eigenvalue weighted by molar-refractivity contribution is 6.33. The summed E-state index contributed by atoms with van der Waals surface area (Å²) >= 11 is 5.96. The zero-order valence-electron chi connectivity index (χ0n) is 14.2. The summed E-state index contributed by atoms with van der Waals surface area (Å²) < 4.78 is 0. The van der Waals surface area contributed by atoms with Gasteiger partial charge in [-0.15, -0.1) is 0 Å². The van der Waals surface area contributed by atoms with Crippen LogP contribution in [0.2, 0.25) is 5.02 Å². The van der Waals surface area contributed by atoms with Crippen LogP contribution in [0.1, 0.15) is 23.7 Å². The van der Waals surface area contributed by atoms with Crippen LogP contribution < -0.4 is 16.5 Å². The van der Waals surface area contributed by atoms with Gasteiger partial charge in [0, 0.05) is 23.5 Å². The maximum Gasteiger partial charge on any atom is 0.272 e. The van der Waals surface area contributed by atoms with Gasteiger partial charge in [-0.1, -0.05) is 23.7 Å². The van der Waals surface area contributed by atoms with Crippen LogP contribution >= 0.6 is 11.6 Å². The molecule has 0 saturated heterocycles. The number of carbonyl (C=O) groups excluding carboxylic acids is 2. The Morgan fingerprint density at radius 1 is 1.26 bits per heavy atom. The van der Waals surface area contributed by atoms with Gasteiger partial charge in [0.25, 0.3) is 11.6 Å². The topological polar surface area (TPSA) is 140 Å². The maximum atomic E-state index is 12.1. The first kappa shape index (κ1) is 19.9. The highest BCUT2D eigenvalue weighted by Gasteiger charge is 2.14. The summed E-state index contributed by atoms with van der Waals surface area (Å²) in [7, 11) is 0. The molecule has 2 aromatic rings. The van der Waals surface area contributed by atoms with Crippen LogP contribution in [0.25, 0.3) is 0 Å². The van der Waals surface area contributed by atoms with E-state index in [-0.39, 0.29) is 29.3 Å². The monoisotopic (exact) mass is 389 g/mol. The number of nitrogens with one attached hydrogen (secondary N) is 2. The average Bonchev–Trinajstić information content (AvgIpc) is 2.61. The zero-order valence-corrected chi connectivity index (χ0v) is 15.0. The number of anilines is 2. The number of hydrogen-bond acceptors (Lipinski definition) is 6. The molecule has 2 aromatic carbocycles. The second kappa shape index (κ2) is 8.77. The molecule has 2 rings (SSSR count). The number of hydrazone groups is 1. The number of nitrogens with two attached hydrogens (primary N) is 1. The van der Waals surface area contributed by atoms with E-state index in [9.17, 15) is 19.7 Å². The molecule has 27 heavy (non-hydrogen) atoms. The third-order valence-corrected chi connectivity index (χ3v) is 3.66. The Hall–Kier alpha value is -3.46. The van der Waals surface area contributed by atoms with Crippen LogP contribution in [-0.2, 0) is 4.79 Å². The number of nitrogens with zero attached hydrogens (tertiary/aromatic N) is 2. The lowest BCUT2D eigenvalue weighted by Gasteiger charge is -2.07. The van der Waals surface area contributed by atoms with Gasteiger partial charge in [0.1, 0.15) is 0 Å². The van der Waals surface area contributed by atoms with Gasteiger partial charge in [-0.3, -0.25) is 19.7 Å². The van der Waals surface area contributed by atoms with Crippen molar-refractivity contribution in [2.45, 2.75) is 13.3 Å². The van der Waals surface area contributed by atoms with Gasteiger partial charge >= 0.3 is 0 Å². The van der Waals surface area contributed by atoms with Gasteiger partial charge in [0.15, 0.2) is 0 Å². The van der Waals surface area contributed by atoms with Crippen molar-refractivity contribution in [1.29, 1.82) is 0 Å². The Bertz CT molecular complexity index is 929. The van der Waals surface area contributed by atoms with Crippen LogP contribution in [0.5, 0.6) is 0 Å². The third-order valence-electron chi connectivity index (χ3n) is 3.33. The molecule has 0 radical (unpaired) electrons. The Balaban J connectivity index is 1.98. The van der Waals surface area contributed by atoms with Gasteiger partial charge in [-0.25, -0.2) is 5.43 Å². The number of nitro groups is 1. The average molecular weight is 390 g/mol.